The number of ether oxygens (including phenoxy) is 2. The summed E-state index contributed by atoms with van der Waals surface area (Å²) in [5.41, 5.74) is -2.02. The first-order valence-electron chi connectivity index (χ1n) is 10.0. The lowest BCUT2D eigenvalue weighted by atomic mass is 9.87. The molecule has 1 fully saturated rings. The summed E-state index contributed by atoms with van der Waals surface area (Å²) in [6, 6.07) is 9.38. The van der Waals surface area contributed by atoms with Crippen LogP contribution in [0.1, 0.15) is 40.9 Å². The van der Waals surface area contributed by atoms with Gasteiger partial charge < -0.3 is 14.8 Å². The highest BCUT2D eigenvalue weighted by atomic mass is 19.4. The van der Waals surface area contributed by atoms with Gasteiger partial charge in [-0.05, 0) is 24.6 Å². The van der Waals surface area contributed by atoms with Gasteiger partial charge >= 0.3 is 6.18 Å². The molecule has 1 amide bonds. The molecule has 0 aliphatic heterocycles. The van der Waals surface area contributed by atoms with E-state index in [1.807, 2.05) is 0 Å². The molecule has 33 heavy (non-hydrogen) atoms. The maximum absolute atomic E-state index is 14.7. The fourth-order valence-electron chi connectivity index (χ4n) is 3.59. The molecule has 172 valence electrons. The number of hydrogen-bond donors (Lipinski definition) is 1. The zero-order valence-electron chi connectivity index (χ0n) is 17.1. The van der Waals surface area contributed by atoms with Crippen LogP contribution in [-0.2, 0) is 22.3 Å². The molecule has 0 radical (unpaired) electrons. The number of rotatable bonds is 7. The van der Waals surface area contributed by atoms with Crippen LogP contribution in [0.15, 0.2) is 48.7 Å². The highest BCUT2D eigenvalue weighted by molar-refractivity contribution is 6.04. The molecular weight excluding hydrogens is 444 g/mol. The molecule has 3 aromatic rings. The molecule has 1 heterocycles. The number of halogens is 4. The first kappa shape index (κ1) is 22.5. The highest BCUT2D eigenvalue weighted by Gasteiger charge is 2.41. The third kappa shape index (κ3) is 4.59. The maximum atomic E-state index is 14.7. The maximum Gasteiger partial charge on any atom is 0.417 e. The van der Waals surface area contributed by atoms with Crippen molar-refractivity contribution in [2.75, 3.05) is 0 Å². The van der Waals surface area contributed by atoms with Crippen LogP contribution in [0.4, 0.5) is 17.6 Å². The molecule has 2 aromatic carbocycles. The lowest BCUT2D eigenvalue weighted by molar-refractivity contribution is -0.156. The Morgan fingerprint density at radius 1 is 1.15 bits per heavy atom. The van der Waals surface area contributed by atoms with Gasteiger partial charge in [0.2, 0.25) is 0 Å². The fourth-order valence-corrected chi connectivity index (χ4v) is 3.59. The topological polar surface area (TPSA) is 77.5 Å². The molecule has 1 aliphatic rings. The molecular formula is C23H18F4N2O4. The van der Waals surface area contributed by atoms with E-state index in [0.717, 1.165) is 24.6 Å². The average Bonchev–Trinajstić information content (AvgIpc) is 2.76. The molecule has 4 rings (SSSR count). The van der Waals surface area contributed by atoms with Crippen LogP contribution in [0.5, 0.6) is 5.75 Å². The number of aromatic nitrogens is 1. The van der Waals surface area contributed by atoms with Gasteiger partial charge in [0.15, 0.2) is 5.72 Å². The van der Waals surface area contributed by atoms with Crippen molar-refractivity contribution in [1.82, 2.24) is 10.3 Å². The zero-order chi connectivity index (χ0) is 23.6. The number of nitrogens with zero attached hydrogens (tertiary/aromatic N) is 1. The third-order valence-corrected chi connectivity index (χ3v) is 5.48. The fraction of sp³-hybridized carbons (Fsp3) is 0.261. The van der Waals surface area contributed by atoms with Crippen molar-refractivity contribution in [3.05, 3.63) is 71.3 Å². The van der Waals surface area contributed by atoms with E-state index in [1.165, 1.54) is 6.07 Å². The molecule has 0 unspecified atom stereocenters. The quantitative estimate of drug-likeness (QED) is 0.311. The molecule has 0 saturated heterocycles. The van der Waals surface area contributed by atoms with Gasteiger partial charge in [0.05, 0.1) is 16.8 Å². The number of pyridine rings is 1. The third-order valence-electron chi connectivity index (χ3n) is 5.48. The Labute approximate surface area is 185 Å². The van der Waals surface area contributed by atoms with Crippen molar-refractivity contribution in [1.29, 1.82) is 0 Å². The number of carbonyl (C=O) groups is 2. The van der Waals surface area contributed by atoms with Gasteiger partial charge in [0.25, 0.3) is 12.4 Å². The van der Waals surface area contributed by atoms with Gasteiger partial charge in [0, 0.05) is 29.8 Å². The molecule has 0 atom stereocenters. The molecule has 1 aliphatic carbocycles. The van der Waals surface area contributed by atoms with Crippen LogP contribution in [-0.4, -0.2) is 23.1 Å². The summed E-state index contributed by atoms with van der Waals surface area (Å²) in [6.07, 6.45) is -2.26. The Kier molecular flexibility index (Phi) is 5.92. The molecule has 0 bridgehead atoms. The number of nitrogens with one attached hydrogen (secondary N) is 1. The van der Waals surface area contributed by atoms with Gasteiger partial charge in [-0.25, -0.2) is 4.39 Å². The van der Waals surface area contributed by atoms with Crippen LogP contribution < -0.4 is 10.1 Å². The Hall–Kier alpha value is -3.69. The van der Waals surface area contributed by atoms with Crippen LogP contribution in [0.25, 0.3) is 10.8 Å². The highest BCUT2D eigenvalue weighted by Crippen LogP contribution is 2.36. The second-order valence-corrected chi connectivity index (χ2v) is 7.62. The van der Waals surface area contributed by atoms with E-state index in [2.05, 4.69) is 10.3 Å². The minimum absolute atomic E-state index is 0.0341. The van der Waals surface area contributed by atoms with Crippen molar-refractivity contribution in [3.63, 3.8) is 0 Å². The molecule has 6 nitrogen and oxygen atoms in total. The molecule has 10 heteroatoms. The number of amides is 1. The van der Waals surface area contributed by atoms with Gasteiger partial charge in [-0.2, -0.15) is 13.2 Å². The van der Waals surface area contributed by atoms with Crippen LogP contribution >= 0.6 is 0 Å². The van der Waals surface area contributed by atoms with Crippen molar-refractivity contribution in [2.24, 2.45) is 0 Å². The predicted octanol–water partition coefficient (Wildman–Crippen LogP) is 4.75. The van der Waals surface area contributed by atoms with Gasteiger partial charge in [-0.3, -0.25) is 14.6 Å². The lowest BCUT2D eigenvalue weighted by Crippen LogP contribution is -2.55. The summed E-state index contributed by atoms with van der Waals surface area (Å²) >= 11 is 0. The average molecular weight is 462 g/mol. The van der Waals surface area contributed by atoms with Gasteiger partial charge in [-0.15, -0.1) is 0 Å². The number of hydrogen-bond acceptors (Lipinski definition) is 5. The SMILES string of the molecule is O=COC1(NC(=O)c2cc(F)c3ccccc3c2OCc2ccc(C(F)(F)F)cn2)CCC1. The van der Waals surface area contributed by atoms with Gasteiger partial charge in [0.1, 0.15) is 18.2 Å². The first-order chi connectivity index (χ1) is 15.7. The second kappa shape index (κ2) is 8.68. The van der Waals surface area contributed by atoms with E-state index in [4.69, 9.17) is 9.47 Å². The summed E-state index contributed by atoms with van der Waals surface area (Å²) in [5, 5.41) is 3.12. The Morgan fingerprint density at radius 3 is 2.45 bits per heavy atom. The molecule has 1 aromatic heterocycles. The Bertz CT molecular complexity index is 1190. The molecule has 1 saturated carbocycles. The second-order valence-electron chi connectivity index (χ2n) is 7.62. The Morgan fingerprint density at radius 2 is 1.88 bits per heavy atom. The monoisotopic (exact) mass is 462 g/mol. The standard InChI is InChI=1S/C23H18F4N2O4/c24-19-10-18(21(31)29-22(33-13-30)8-3-9-22)20(17-5-2-1-4-16(17)19)32-12-15-7-6-14(11-28-15)23(25,26)27/h1-2,4-7,10-11,13H,3,8-9,12H2,(H,29,31). The van der Waals surface area contributed by atoms with Crippen molar-refractivity contribution in [2.45, 2.75) is 37.8 Å². The number of fused-ring (bicyclic) bond motifs is 1. The molecule has 1 N–H and O–H groups in total. The smallest absolute Gasteiger partial charge is 0.417 e. The van der Waals surface area contributed by atoms with E-state index >= 15 is 0 Å². The Balaban J connectivity index is 1.66. The van der Waals surface area contributed by atoms with Crippen LogP contribution in [0, 0.1) is 5.82 Å². The number of benzene rings is 2. The zero-order valence-corrected chi connectivity index (χ0v) is 17.1. The lowest BCUT2D eigenvalue weighted by Gasteiger charge is -2.40. The first-order valence-corrected chi connectivity index (χ1v) is 10.0. The molecule has 0 spiro atoms. The van der Waals surface area contributed by atoms with E-state index in [9.17, 15) is 27.2 Å². The van der Waals surface area contributed by atoms with Crippen LogP contribution in [0.3, 0.4) is 0 Å². The summed E-state index contributed by atoms with van der Waals surface area (Å²) < 4.78 is 63.9. The summed E-state index contributed by atoms with van der Waals surface area (Å²) in [4.78, 5) is 27.6. The predicted molar refractivity (Wildman–Crippen MR) is 109 cm³/mol. The van der Waals surface area contributed by atoms with Crippen molar-refractivity contribution < 1.29 is 36.6 Å². The summed E-state index contributed by atoms with van der Waals surface area (Å²) in [6.45, 7) is -0.0157. The van der Waals surface area contributed by atoms with E-state index in [-0.39, 0.29) is 35.5 Å². The number of alkyl halides is 3. The normalized spacial score (nSPS) is 14.9. The largest absolute Gasteiger partial charge is 0.486 e. The minimum Gasteiger partial charge on any atom is -0.486 e. The van der Waals surface area contributed by atoms with E-state index in [1.54, 1.807) is 18.2 Å². The van der Waals surface area contributed by atoms with Crippen LogP contribution in [0.2, 0.25) is 0 Å². The van der Waals surface area contributed by atoms with Crippen molar-refractivity contribution in [3.8, 4) is 5.75 Å². The minimum atomic E-state index is -4.52. The number of carbonyl (C=O) groups excluding carboxylic acids is 2. The summed E-state index contributed by atoms with van der Waals surface area (Å²) in [5.74, 6) is -1.34. The van der Waals surface area contributed by atoms with E-state index in [0.29, 0.717) is 24.4 Å². The van der Waals surface area contributed by atoms with Crippen molar-refractivity contribution >= 4 is 23.2 Å². The summed E-state index contributed by atoms with van der Waals surface area (Å²) in [7, 11) is 0. The van der Waals surface area contributed by atoms with Gasteiger partial charge in [-0.1, -0.05) is 24.3 Å². The van der Waals surface area contributed by atoms with E-state index < -0.39 is 29.2 Å².